The third-order valence-electron chi connectivity index (χ3n) is 5.57. The summed E-state index contributed by atoms with van der Waals surface area (Å²) in [5.41, 5.74) is 1.50. The number of hydrogen-bond acceptors (Lipinski definition) is 6. The lowest BCUT2D eigenvalue weighted by Gasteiger charge is -2.44. The first-order valence-corrected chi connectivity index (χ1v) is 11.7. The summed E-state index contributed by atoms with van der Waals surface area (Å²) in [5, 5.41) is 0. The van der Waals surface area contributed by atoms with E-state index in [1.807, 2.05) is 24.4 Å². The number of halogens is 1. The van der Waals surface area contributed by atoms with E-state index in [1.165, 1.54) is 0 Å². The van der Waals surface area contributed by atoms with Crippen molar-refractivity contribution in [3.05, 3.63) is 53.9 Å². The zero-order valence-corrected chi connectivity index (χ0v) is 19.0. The predicted molar refractivity (Wildman–Crippen MR) is 122 cm³/mol. The number of carbonyl (C=O) groups is 1. The van der Waals surface area contributed by atoms with E-state index < -0.39 is 15.6 Å². The number of anilines is 1. The van der Waals surface area contributed by atoms with Crippen molar-refractivity contribution in [2.45, 2.75) is 31.3 Å². The molecule has 3 heterocycles. The topological polar surface area (TPSA) is 120 Å². The lowest BCUT2D eigenvalue weighted by molar-refractivity contribution is -0.00864. The van der Waals surface area contributed by atoms with Crippen molar-refractivity contribution in [2.75, 3.05) is 30.6 Å². The van der Waals surface area contributed by atoms with Crippen molar-refractivity contribution < 1.29 is 23.4 Å². The third kappa shape index (κ3) is 6.16. The minimum atomic E-state index is -3.39. The molecule has 0 atom stereocenters. The van der Waals surface area contributed by atoms with E-state index in [-0.39, 0.29) is 23.7 Å². The van der Waals surface area contributed by atoms with Gasteiger partial charge in [0.1, 0.15) is 11.4 Å². The Kier molecular flexibility index (Phi) is 8.04. The minimum Gasteiger partial charge on any atom is -0.486 e. The molecule has 31 heavy (non-hydrogen) atoms. The quantitative estimate of drug-likeness (QED) is 0.715. The normalized spacial score (nSPS) is 17.6. The Morgan fingerprint density at radius 3 is 2.58 bits per heavy atom. The highest BCUT2D eigenvalue weighted by Gasteiger charge is 2.42. The molecule has 1 aromatic carbocycles. The highest BCUT2D eigenvalue weighted by Crippen LogP contribution is 2.40. The summed E-state index contributed by atoms with van der Waals surface area (Å²) in [5.74, 6) is 0.524. The number of likely N-dealkylation sites (tertiary alicyclic amines) is 1. The summed E-state index contributed by atoms with van der Waals surface area (Å²) in [4.78, 5) is 19.5. The zero-order valence-electron chi connectivity index (χ0n) is 17.3. The summed E-state index contributed by atoms with van der Waals surface area (Å²) in [7, 11) is -3.39. The first-order chi connectivity index (χ1) is 13.8. The summed E-state index contributed by atoms with van der Waals surface area (Å²) < 4.78 is 31.7. The van der Waals surface area contributed by atoms with Crippen molar-refractivity contribution >= 4 is 33.9 Å². The van der Waals surface area contributed by atoms with E-state index in [1.54, 1.807) is 18.2 Å². The van der Waals surface area contributed by atoms with Gasteiger partial charge in [-0.2, -0.15) is 0 Å². The number of aromatic nitrogens is 1. The molecular weight excluding hydrogens is 442 g/mol. The fourth-order valence-electron chi connectivity index (χ4n) is 4.05. The number of carbonyl (C=O) groups excluding carboxylic acids is 1. The maximum Gasteiger partial charge on any atom is 0.229 e. The molecule has 3 N–H and O–H groups in total. The molecule has 2 aliphatic heterocycles. The summed E-state index contributed by atoms with van der Waals surface area (Å²) in [6, 6.07) is 10.8. The molecule has 170 valence electrons. The Bertz CT molecular complexity index is 1010. The zero-order chi connectivity index (χ0) is 20.5. The molecule has 4 rings (SSSR count). The summed E-state index contributed by atoms with van der Waals surface area (Å²) in [6.07, 6.45) is 5.71. The third-order valence-corrected chi connectivity index (χ3v) is 6.18. The lowest BCUT2D eigenvalue weighted by atomic mass is 9.82. The van der Waals surface area contributed by atoms with E-state index >= 15 is 0 Å². The second kappa shape index (κ2) is 9.95. The van der Waals surface area contributed by atoms with Gasteiger partial charge in [0, 0.05) is 56.9 Å². The Labute approximate surface area is 188 Å². The molecular formula is C21H28ClN3O5S. The molecule has 10 heteroatoms. The smallest absolute Gasteiger partial charge is 0.229 e. The van der Waals surface area contributed by atoms with E-state index in [2.05, 4.69) is 14.6 Å². The van der Waals surface area contributed by atoms with Gasteiger partial charge in [-0.15, -0.1) is 12.4 Å². The van der Waals surface area contributed by atoms with E-state index in [0.717, 1.165) is 50.8 Å². The number of hydrogen-bond donors (Lipinski definition) is 1. The Balaban J connectivity index is 0.00000171. The van der Waals surface area contributed by atoms with Crippen LogP contribution in [0, 0.1) is 0 Å². The number of piperidine rings is 1. The largest absolute Gasteiger partial charge is 0.486 e. The molecule has 2 aliphatic rings. The monoisotopic (exact) mass is 469 g/mol. The number of pyridine rings is 1. The molecule has 1 spiro atoms. The SMILES string of the molecule is CS(=O)(=O)Nc1ccc2c(c1)OC1(CCN(CCc3ccccn3)CC1)CC2=O.Cl.O. The number of nitrogens with zero attached hydrogens (tertiary/aromatic N) is 2. The molecule has 2 aromatic rings. The second-order valence-electron chi connectivity index (χ2n) is 7.88. The number of fused-ring (bicyclic) bond motifs is 1. The van der Waals surface area contributed by atoms with Crippen LogP contribution in [0.15, 0.2) is 42.6 Å². The van der Waals surface area contributed by atoms with Gasteiger partial charge >= 0.3 is 0 Å². The standard InChI is InChI=1S/C21H25N3O4S.ClH.H2O/c1-29(26,27)23-17-5-6-18-19(25)15-21(28-20(18)14-17)8-12-24(13-9-21)11-7-16-4-2-3-10-22-16;;/h2-6,10,14,23H,7-9,11-13,15H2,1H3;1H;1H2. The maximum atomic E-state index is 12.7. The van der Waals surface area contributed by atoms with Gasteiger partial charge in [0.25, 0.3) is 0 Å². The van der Waals surface area contributed by atoms with Crippen molar-refractivity contribution in [1.29, 1.82) is 0 Å². The van der Waals surface area contributed by atoms with Crippen LogP contribution in [0.1, 0.15) is 35.3 Å². The molecule has 1 saturated heterocycles. The van der Waals surface area contributed by atoms with E-state index in [0.29, 0.717) is 23.4 Å². The highest BCUT2D eigenvalue weighted by atomic mass is 35.5. The summed E-state index contributed by atoms with van der Waals surface area (Å²) >= 11 is 0. The van der Waals surface area contributed by atoms with Gasteiger partial charge in [0.2, 0.25) is 10.0 Å². The minimum absolute atomic E-state index is 0. The molecule has 0 aliphatic carbocycles. The predicted octanol–water partition coefficient (Wildman–Crippen LogP) is 2.09. The van der Waals surface area contributed by atoms with E-state index in [4.69, 9.17) is 4.74 Å². The number of Topliss-reactive ketones (excluding diaryl/α,β-unsaturated/α-hetero) is 1. The number of sulfonamides is 1. The van der Waals surface area contributed by atoms with Gasteiger partial charge in [-0.3, -0.25) is 14.5 Å². The van der Waals surface area contributed by atoms with Crippen molar-refractivity contribution in [3.63, 3.8) is 0 Å². The number of rotatable bonds is 5. The van der Waals surface area contributed by atoms with Crippen LogP contribution in [0.3, 0.4) is 0 Å². The van der Waals surface area contributed by atoms with Crippen molar-refractivity contribution in [1.82, 2.24) is 9.88 Å². The van der Waals surface area contributed by atoms with E-state index in [9.17, 15) is 13.2 Å². The van der Waals surface area contributed by atoms with Crippen LogP contribution in [-0.2, 0) is 16.4 Å². The fraction of sp³-hybridized carbons (Fsp3) is 0.429. The number of benzene rings is 1. The molecule has 0 amide bonds. The lowest BCUT2D eigenvalue weighted by Crippen LogP contribution is -2.51. The first-order valence-electron chi connectivity index (χ1n) is 9.78. The van der Waals surface area contributed by atoms with Crippen molar-refractivity contribution in [2.24, 2.45) is 0 Å². The Hall–Kier alpha value is -2.20. The number of ketones is 1. The maximum absolute atomic E-state index is 12.7. The van der Waals surface area contributed by atoms with Gasteiger partial charge < -0.3 is 15.1 Å². The molecule has 0 radical (unpaired) electrons. The molecule has 8 nitrogen and oxygen atoms in total. The van der Waals surface area contributed by atoms with Crippen molar-refractivity contribution in [3.8, 4) is 5.75 Å². The number of ether oxygens (including phenoxy) is 1. The van der Waals surface area contributed by atoms with Gasteiger partial charge in [0.15, 0.2) is 5.78 Å². The average Bonchev–Trinajstić information content (AvgIpc) is 2.67. The van der Waals surface area contributed by atoms with Gasteiger partial charge in [-0.25, -0.2) is 8.42 Å². The molecule has 0 saturated carbocycles. The van der Waals surface area contributed by atoms with Gasteiger partial charge in [-0.1, -0.05) is 6.07 Å². The van der Waals surface area contributed by atoms with Gasteiger partial charge in [0.05, 0.1) is 23.9 Å². The van der Waals surface area contributed by atoms with Crippen LogP contribution in [0.4, 0.5) is 5.69 Å². The summed E-state index contributed by atoms with van der Waals surface area (Å²) in [6.45, 7) is 2.65. The van der Waals surface area contributed by atoms with Crippen LogP contribution < -0.4 is 9.46 Å². The average molecular weight is 470 g/mol. The highest BCUT2D eigenvalue weighted by molar-refractivity contribution is 7.92. The van der Waals surface area contributed by atoms with Gasteiger partial charge in [-0.05, 0) is 24.3 Å². The molecule has 0 unspecified atom stereocenters. The second-order valence-corrected chi connectivity index (χ2v) is 9.63. The Morgan fingerprint density at radius 2 is 1.94 bits per heavy atom. The van der Waals surface area contributed by atoms with Crippen LogP contribution in [0.5, 0.6) is 5.75 Å². The van der Waals surface area contributed by atoms with Crippen LogP contribution >= 0.6 is 12.4 Å². The Morgan fingerprint density at radius 1 is 1.19 bits per heavy atom. The molecule has 1 fully saturated rings. The first kappa shape index (κ1) is 25.1. The molecule has 0 bridgehead atoms. The van der Waals surface area contributed by atoms with Crippen LogP contribution in [-0.4, -0.2) is 61.1 Å². The van der Waals surface area contributed by atoms with Crippen LogP contribution in [0.25, 0.3) is 0 Å². The fourth-order valence-corrected chi connectivity index (χ4v) is 4.61. The van der Waals surface area contributed by atoms with Crippen LogP contribution in [0.2, 0.25) is 0 Å². The molecule has 1 aromatic heterocycles. The number of nitrogens with one attached hydrogen (secondary N) is 1.